The lowest BCUT2D eigenvalue weighted by Gasteiger charge is -2.08. The summed E-state index contributed by atoms with van der Waals surface area (Å²) in [4.78, 5) is 46.6. The predicted octanol–water partition coefficient (Wildman–Crippen LogP) is -1.38. The molecule has 0 atom stereocenters. The van der Waals surface area contributed by atoms with E-state index in [9.17, 15) is 45.3 Å². The molecule has 1 aromatic heterocycles. The summed E-state index contributed by atoms with van der Waals surface area (Å²) in [5, 5.41) is 47.5. The van der Waals surface area contributed by atoms with Gasteiger partial charge in [0.2, 0.25) is 0 Å². The molecule has 0 spiro atoms. The van der Waals surface area contributed by atoms with Crippen molar-refractivity contribution in [2.45, 2.75) is 5.79 Å². The maximum absolute atomic E-state index is 11.4. The first-order chi connectivity index (χ1) is 10.1. The van der Waals surface area contributed by atoms with Crippen molar-refractivity contribution < 1.29 is 33.9 Å². The molecule has 1 aromatic rings. The van der Waals surface area contributed by atoms with Crippen LogP contribution in [0.5, 0.6) is 0 Å². The summed E-state index contributed by atoms with van der Waals surface area (Å²) >= 11 is 0. The Kier molecular flexibility index (Phi) is 4.20. The highest BCUT2D eigenvalue weighted by atomic mass is 16.7. The van der Waals surface area contributed by atoms with Gasteiger partial charge in [0.15, 0.2) is 19.9 Å². The van der Waals surface area contributed by atoms with Gasteiger partial charge in [0.1, 0.15) is 0 Å². The van der Waals surface area contributed by atoms with Crippen LogP contribution >= 0.6 is 0 Å². The normalized spacial score (nSPS) is 10.7. The maximum atomic E-state index is 11.4. The van der Waals surface area contributed by atoms with Crippen molar-refractivity contribution in [3.8, 4) is 0 Å². The van der Waals surface area contributed by atoms with E-state index in [1.54, 1.807) is 0 Å². The van der Waals surface area contributed by atoms with Crippen LogP contribution in [0.3, 0.4) is 0 Å². The number of nitrogens with zero attached hydrogens (tertiary/aromatic N) is 6. The number of esters is 1. The molecule has 0 amide bonds. The lowest BCUT2D eigenvalue weighted by Crippen LogP contribution is -2.57. The highest BCUT2D eigenvalue weighted by Gasteiger charge is 2.72. The largest absolute Gasteiger partial charge is 0.734 e. The molecule has 0 aliphatic carbocycles. The van der Waals surface area contributed by atoms with Crippen LogP contribution in [0.15, 0.2) is 4.63 Å². The lowest BCUT2D eigenvalue weighted by atomic mass is 10.4. The molecule has 118 valence electrons. The Balaban J connectivity index is 3.04. The maximum Gasteiger partial charge on any atom is 0.734 e. The zero-order valence-electron chi connectivity index (χ0n) is 9.88. The van der Waals surface area contributed by atoms with Crippen LogP contribution in [0, 0.1) is 40.5 Å². The van der Waals surface area contributed by atoms with Crippen LogP contribution in [-0.4, -0.2) is 48.4 Å². The van der Waals surface area contributed by atoms with Gasteiger partial charge in [-0.05, 0) is 10.1 Å². The monoisotopic (exact) mass is 322 g/mol. The van der Waals surface area contributed by atoms with Gasteiger partial charge in [-0.25, -0.2) is 4.79 Å². The average molecular weight is 322 g/mol. The third-order valence-electron chi connectivity index (χ3n) is 2.11. The van der Waals surface area contributed by atoms with E-state index in [-0.39, 0.29) is 0 Å². The third-order valence-corrected chi connectivity index (χ3v) is 2.11. The third kappa shape index (κ3) is 2.57. The molecule has 0 unspecified atom stereocenters. The second-order valence-corrected chi connectivity index (χ2v) is 3.32. The fraction of sp³-hybridized carbons (Fsp3) is 0.400. The molecule has 0 radical (unpaired) electrons. The van der Waals surface area contributed by atoms with Gasteiger partial charge in [-0.15, -0.1) is 4.63 Å². The topological polar surface area (TPSA) is 238 Å². The van der Waals surface area contributed by atoms with Crippen molar-refractivity contribution in [1.82, 2.24) is 10.3 Å². The van der Waals surface area contributed by atoms with E-state index in [2.05, 4.69) is 19.7 Å². The predicted molar refractivity (Wildman–Crippen MR) is 54.9 cm³/mol. The molecule has 1 heterocycles. The number of ether oxygens (including phenoxy) is 1. The second kappa shape index (κ2) is 5.68. The molecule has 17 nitrogen and oxygen atoms in total. The summed E-state index contributed by atoms with van der Waals surface area (Å²) < 4.78 is 7.85. The average Bonchev–Trinajstić information content (AvgIpc) is 2.87. The first kappa shape index (κ1) is 16.3. The minimum Gasteiger partial charge on any atom is -0.436 e. The Morgan fingerprint density at radius 2 is 1.55 bits per heavy atom. The van der Waals surface area contributed by atoms with Crippen molar-refractivity contribution in [3.63, 3.8) is 0 Å². The Morgan fingerprint density at radius 1 is 1.05 bits per heavy atom. The van der Waals surface area contributed by atoms with Crippen LogP contribution in [-0.2, 0) is 4.74 Å². The molecule has 0 saturated carbocycles. The molecule has 22 heavy (non-hydrogen) atoms. The van der Waals surface area contributed by atoms with Gasteiger partial charge in [0.25, 0.3) is 5.69 Å². The Labute approximate surface area is 116 Å². The van der Waals surface area contributed by atoms with E-state index in [0.717, 1.165) is 0 Å². The molecule has 0 fully saturated rings. The lowest BCUT2D eigenvalue weighted by molar-refractivity contribution is -0.970. The minimum absolute atomic E-state index is 1.17. The molecular weight excluding hydrogens is 320 g/mol. The zero-order chi connectivity index (χ0) is 17.1. The van der Waals surface area contributed by atoms with Crippen molar-refractivity contribution >= 4 is 11.8 Å². The summed E-state index contributed by atoms with van der Waals surface area (Å²) in [6, 6.07) is 0. The van der Waals surface area contributed by atoms with E-state index in [1.165, 1.54) is 0 Å². The van der Waals surface area contributed by atoms with E-state index in [1.807, 2.05) is 0 Å². The number of aromatic nitrogens is 2. The first-order valence-corrected chi connectivity index (χ1v) is 4.72. The van der Waals surface area contributed by atoms with Crippen molar-refractivity contribution in [3.05, 3.63) is 46.2 Å². The van der Waals surface area contributed by atoms with Gasteiger partial charge >= 0.3 is 24.2 Å². The number of carbonyl (C=O) groups is 1. The van der Waals surface area contributed by atoms with Crippen molar-refractivity contribution in [2.24, 2.45) is 0 Å². The van der Waals surface area contributed by atoms with Crippen LogP contribution in [0.2, 0.25) is 0 Å². The smallest absolute Gasteiger partial charge is 0.436 e. The molecular formula is C5H2N6O11. The standard InChI is InChI=1S/C5H2N6O11/c12-4(2-3(8(13)14)7-22-6-2)21-1-5(9(15)16,10(17)18)11(19)20/h1H2. The summed E-state index contributed by atoms with van der Waals surface area (Å²) in [5.41, 5.74) is -1.17. The SMILES string of the molecule is O=C(OCC([N+](=O)[O-])([N+](=O)[O-])[N+](=O)[O-])c1nonc1[N+](=O)[O-]. The number of rotatable bonds is 7. The molecule has 1 rings (SSSR count). The van der Waals surface area contributed by atoms with Crippen LogP contribution in [0.1, 0.15) is 10.5 Å². The molecule has 0 bridgehead atoms. The number of nitro groups is 4. The van der Waals surface area contributed by atoms with Crippen LogP contribution in [0.4, 0.5) is 5.82 Å². The molecule has 0 aliphatic rings. The minimum atomic E-state index is -4.07. The van der Waals surface area contributed by atoms with Gasteiger partial charge in [-0.1, -0.05) is 0 Å². The van der Waals surface area contributed by atoms with Gasteiger partial charge in [-0.3, -0.25) is 30.3 Å². The van der Waals surface area contributed by atoms with Crippen molar-refractivity contribution in [1.29, 1.82) is 0 Å². The quantitative estimate of drug-likeness (QED) is 0.243. The second-order valence-electron chi connectivity index (χ2n) is 3.32. The van der Waals surface area contributed by atoms with Gasteiger partial charge in [-0.2, -0.15) is 0 Å². The molecule has 0 saturated heterocycles. The van der Waals surface area contributed by atoms with E-state index < -0.39 is 49.6 Å². The Hall–Kier alpha value is -3.79. The van der Waals surface area contributed by atoms with Gasteiger partial charge < -0.3 is 14.9 Å². The fourth-order valence-corrected chi connectivity index (χ4v) is 1.02. The fourth-order valence-electron chi connectivity index (χ4n) is 1.02. The van der Waals surface area contributed by atoms with E-state index in [0.29, 0.717) is 0 Å². The van der Waals surface area contributed by atoms with Crippen LogP contribution in [0.25, 0.3) is 0 Å². The molecule has 0 aromatic carbocycles. The zero-order valence-corrected chi connectivity index (χ0v) is 9.88. The Morgan fingerprint density at radius 3 is 1.95 bits per heavy atom. The molecule has 17 heteroatoms. The summed E-state index contributed by atoms with van der Waals surface area (Å²) in [6.07, 6.45) is 0. The molecule has 0 N–H and O–H groups in total. The number of hydrogen-bond donors (Lipinski definition) is 0. The first-order valence-electron chi connectivity index (χ1n) is 4.72. The van der Waals surface area contributed by atoms with E-state index >= 15 is 0 Å². The summed E-state index contributed by atoms with van der Waals surface area (Å²) in [5.74, 6) is -7.11. The number of carbonyl (C=O) groups excluding carboxylic acids is 1. The summed E-state index contributed by atoms with van der Waals surface area (Å²) in [6.45, 7) is -1.94. The van der Waals surface area contributed by atoms with Gasteiger partial charge in [0.05, 0.1) is 0 Å². The Bertz CT molecular complexity index is 628. The van der Waals surface area contributed by atoms with Crippen molar-refractivity contribution in [2.75, 3.05) is 6.61 Å². The van der Waals surface area contributed by atoms with Crippen LogP contribution < -0.4 is 0 Å². The highest BCUT2D eigenvalue weighted by Crippen LogP contribution is 2.17. The molecule has 0 aliphatic heterocycles. The van der Waals surface area contributed by atoms with Gasteiger partial charge in [0, 0.05) is 0 Å². The van der Waals surface area contributed by atoms with E-state index in [4.69, 9.17) is 0 Å². The highest BCUT2D eigenvalue weighted by molar-refractivity contribution is 5.90. The summed E-state index contributed by atoms with van der Waals surface area (Å²) in [7, 11) is 0. The number of hydrogen-bond acceptors (Lipinski definition) is 13.